The van der Waals surface area contributed by atoms with Gasteiger partial charge in [-0.15, -0.1) is 0 Å². The summed E-state index contributed by atoms with van der Waals surface area (Å²) in [5.74, 6) is 0.380. The molecule has 2 rings (SSSR count). The molecule has 0 saturated carbocycles. The fourth-order valence-electron chi connectivity index (χ4n) is 1.40. The molecule has 2 aromatic rings. The van der Waals surface area contributed by atoms with Gasteiger partial charge in [-0.2, -0.15) is 0 Å². The Bertz CT molecular complexity index is 505. The summed E-state index contributed by atoms with van der Waals surface area (Å²) >= 11 is 5.77. The van der Waals surface area contributed by atoms with Crippen LogP contribution >= 0.6 is 11.6 Å². The SMILES string of the molecule is Fc1ccc(NCCOc2cncc(Cl)c2)cc1. The molecule has 94 valence electrons. The maximum atomic E-state index is 12.7. The lowest BCUT2D eigenvalue weighted by molar-refractivity contribution is 0.331. The van der Waals surface area contributed by atoms with Gasteiger partial charge in [0.1, 0.15) is 18.2 Å². The zero-order valence-electron chi connectivity index (χ0n) is 9.57. The third-order valence-corrected chi connectivity index (χ3v) is 2.43. The number of ether oxygens (including phenoxy) is 1. The standard InChI is InChI=1S/C13H12ClFN2O/c14-10-7-13(9-16-8-10)18-6-5-17-12-3-1-11(15)2-4-12/h1-4,7-9,17H,5-6H2. The van der Waals surface area contributed by atoms with E-state index in [0.717, 1.165) is 5.69 Å². The van der Waals surface area contributed by atoms with Crippen molar-refractivity contribution in [2.24, 2.45) is 0 Å². The van der Waals surface area contributed by atoms with E-state index in [0.29, 0.717) is 23.9 Å². The van der Waals surface area contributed by atoms with Gasteiger partial charge in [-0.1, -0.05) is 11.6 Å². The molecule has 5 heteroatoms. The van der Waals surface area contributed by atoms with E-state index in [1.54, 1.807) is 30.6 Å². The summed E-state index contributed by atoms with van der Waals surface area (Å²) in [6.07, 6.45) is 3.15. The fraction of sp³-hybridized carbons (Fsp3) is 0.154. The van der Waals surface area contributed by atoms with E-state index in [-0.39, 0.29) is 5.82 Å². The molecule has 0 amide bonds. The molecule has 0 radical (unpaired) electrons. The van der Waals surface area contributed by atoms with E-state index in [1.165, 1.54) is 12.1 Å². The molecule has 0 atom stereocenters. The van der Waals surface area contributed by atoms with Crippen LogP contribution < -0.4 is 10.1 Å². The van der Waals surface area contributed by atoms with Crippen LogP contribution in [0.15, 0.2) is 42.7 Å². The number of benzene rings is 1. The molecule has 0 unspecified atom stereocenters. The van der Waals surface area contributed by atoms with Crippen molar-refractivity contribution in [1.29, 1.82) is 0 Å². The summed E-state index contributed by atoms with van der Waals surface area (Å²) in [5, 5.41) is 3.65. The highest BCUT2D eigenvalue weighted by molar-refractivity contribution is 6.30. The first kappa shape index (κ1) is 12.6. The van der Waals surface area contributed by atoms with Gasteiger partial charge in [0.2, 0.25) is 0 Å². The highest BCUT2D eigenvalue weighted by atomic mass is 35.5. The van der Waals surface area contributed by atoms with Gasteiger partial charge in [-0.3, -0.25) is 4.98 Å². The van der Waals surface area contributed by atoms with Crippen LogP contribution in [0.5, 0.6) is 5.75 Å². The zero-order valence-corrected chi connectivity index (χ0v) is 10.3. The second-order valence-electron chi connectivity index (χ2n) is 3.62. The molecule has 1 N–H and O–H groups in total. The Labute approximate surface area is 110 Å². The van der Waals surface area contributed by atoms with Gasteiger partial charge in [-0.25, -0.2) is 4.39 Å². The average Bonchev–Trinajstić information content (AvgIpc) is 2.37. The second-order valence-corrected chi connectivity index (χ2v) is 4.06. The average molecular weight is 267 g/mol. The van der Waals surface area contributed by atoms with Crippen molar-refractivity contribution >= 4 is 17.3 Å². The number of hydrogen-bond acceptors (Lipinski definition) is 3. The van der Waals surface area contributed by atoms with Crippen molar-refractivity contribution in [3.05, 3.63) is 53.6 Å². The van der Waals surface area contributed by atoms with Crippen molar-refractivity contribution in [2.75, 3.05) is 18.5 Å². The van der Waals surface area contributed by atoms with Crippen LogP contribution in [-0.2, 0) is 0 Å². The molecular formula is C13H12ClFN2O. The lowest BCUT2D eigenvalue weighted by Gasteiger charge is -2.08. The van der Waals surface area contributed by atoms with Crippen molar-refractivity contribution < 1.29 is 9.13 Å². The number of nitrogens with zero attached hydrogens (tertiary/aromatic N) is 1. The Kier molecular flexibility index (Phi) is 4.36. The highest BCUT2D eigenvalue weighted by Gasteiger charge is 1.96. The largest absolute Gasteiger partial charge is 0.490 e. The minimum Gasteiger partial charge on any atom is -0.490 e. The minimum atomic E-state index is -0.248. The second kappa shape index (κ2) is 6.21. The molecule has 18 heavy (non-hydrogen) atoms. The van der Waals surface area contributed by atoms with E-state index in [4.69, 9.17) is 16.3 Å². The topological polar surface area (TPSA) is 34.1 Å². The van der Waals surface area contributed by atoms with E-state index in [2.05, 4.69) is 10.3 Å². The van der Waals surface area contributed by atoms with Crippen LogP contribution in [-0.4, -0.2) is 18.1 Å². The molecule has 0 spiro atoms. The molecule has 0 fully saturated rings. The van der Waals surface area contributed by atoms with E-state index < -0.39 is 0 Å². The Morgan fingerprint density at radius 3 is 2.72 bits per heavy atom. The monoisotopic (exact) mass is 266 g/mol. The van der Waals surface area contributed by atoms with Gasteiger partial charge in [0.15, 0.2) is 0 Å². The number of rotatable bonds is 5. The molecule has 1 aromatic carbocycles. The van der Waals surface area contributed by atoms with Crippen molar-refractivity contribution in [1.82, 2.24) is 4.98 Å². The molecule has 3 nitrogen and oxygen atoms in total. The predicted octanol–water partition coefficient (Wildman–Crippen LogP) is 3.37. The lowest BCUT2D eigenvalue weighted by Crippen LogP contribution is -2.11. The van der Waals surface area contributed by atoms with Gasteiger partial charge in [-0.05, 0) is 24.3 Å². The highest BCUT2D eigenvalue weighted by Crippen LogP contribution is 2.15. The Morgan fingerprint density at radius 1 is 1.22 bits per heavy atom. The third kappa shape index (κ3) is 3.89. The summed E-state index contributed by atoms with van der Waals surface area (Å²) in [6, 6.07) is 7.87. The van der Waals surface area contributed by atoms with Crippen LogP contribution in [0.25, 0.3) is 0 Å². The number of anilines is 1. The quantitative estimate of drug-likeness (QED) is 0.843. The maximum Gasteiger partial charge on any atom is 0.139 e. The number of hydrogen-bond donors (Lipinski definition) is 1. The Balaban J connectivity index is 1.74. The normalized spacial score (nSPS) is 10.1. The van der Waals surface area contributed by atoms with Crippen molar-refractivity contribution in [2.45, 2.75) is 0 Å². The number of pyridine rings is 1. The van der Waals surface area contributed by atoms with Gasteiger partial charge >= 0.3 is 0 Å². The van der Waals surface area contributed by atoms with E-state index >= 15 is 0 Å². The molecule has 0 aliphatic rings. The van der Waals surface area contributed by atoms with Gasteiger partial charge in [0, 0.05) is 24.5 Å². The summed E-state index contributed by atoms with van der Waals surface area (Å²) in [4.78, 5) is 3.91. The summed E-state index contributed by atoms with van der Waals surface area (Å²) in [6.45, 7) is 1.08. The molecule has 1 aromatic heterocycles. The van der Waals surface area contributed by atoms with E-state index in [9.17, 15) is 4.39 Å². The smallest absolute Gasteiger partial charge is 0.139 e. The summed E-state index contributed by atoms with van der Waals surface area (Å²) in [5.41, 5.74) is 0.851. The molecule has 0 saturated heterocycles. The zero-order chi connectivity index (χ0) is 12.8. The molecular weight excluding hydrogens is 255 g/mol. The van der Waals surface area contributed by atoms with Gasteiger partial charge in [0.25, 0.3) is 0 Å². The van der Waals surface area contributed by atoms with Crippen molar-refractivity contribution in [3.8, 4) is 5.75 Å². The van der Waals surface area contributed by atoms with Crippen LogP contribution in [0.4, 0.5) is 10.1 Å². The van der Waals surface area contributed by atoms with Crippen LogP contribution in [0, 0.1) is 5.82 Å². The first-order valence-electron chi connectivity index (χ1n) is 5.47. The molecule has 1 heterocycles. The molecule has 0 aliphatic heterocycles. The van der Waals surface area contributed by atoms with Crippen LogP contribution in [0.3, 0.4) is 0 Å². The lowest BCUT2D eigenvalue weighted by atomic mass is 10.3. The van der Waals surface area contributed by atoms with Crippen LogP contribution in [0.2, 0.25) is 5.02 Å². The first-order valence-corrected chi connectivity index (χ1v) is 5.84. The third-order valence-electron chi connectivity index (χ3n) is 2.22. The Morgan fingerprint density at radius 2 is 2.00 bits per heavy atom. The van der Waals surface area contributed by atoms with E-state index in [1.807, 2.05) is 0 Å². The summed E-state index contributed by atoms with van der Waals surface area (Å²) < 4.78 is 18.1. The summed E-state index contributed by atoms with van der Waals surface area (Å²) in [7, 11) is 0. The predicted molar refractivity (Wildman–Crippen MR) is 69.6 cm³/mol. The van der Waals surface area contributed by atoms with Crippen LogP contribution in [0.1, 0.15) is 0 Å². The number of aromatic nitrogens is 1. The number of nitrogens with one attached hydrogen (secondary N) is 1. The van der Waals surface area contributed by atoms with Gasteiger partial charge in [0.05, 0.1) is 11.2 Å². The number of halogens is 2. The molecule has 0 aliphatic carbocycles. The Hall–Kier alpha value is -1.81. The first-order chi connectivity index (χ1) is 8.74. The fourth-order valence-corrected chi connectivity index (χ4v) is 1.57. The van der Waals surface area contributed by atoms with Gasteiger partial charge < -0.3 is 10.1 Å². The molecule has 0 bridgehead atoms. The maximum absolute atomic E-state index is 12.7. The van der Waals surface area contributed by atoms with Crippen molar-refractivity contribution in [3.63, 3.8) is 0 Å². The minimum absolute atomic E-state index is 0.248.